The highest BCUT2D eigenvalue weighted by Crippen LogP contribution is 2.59. The molecule has 0 aromatic heterocycles. The normalized spacial score (nSPS) is 25.7. The maximum absolute atomic E-state index is 14.7. The highest BCUT2D eigenvalue weighted by atomic mass is 35.5. The van der Waals surface area contributed by atoms with E-state index in [4.69, 9.17) is 32.7 Å². The Labute approximate surface area is 256 Å². The Kier molecular flexibility index (Phi) is 8.74. The summed E-state index contributed by atoms with van der Waals surface area (Å²) < 4.78 is 11.0. The number of nitrogens with one attached hydrogen (secondary N) is 1. The maximum Gasteiger partial charge on any atom is 0.314 e. The van der Waals surface area contributed by atoms with Gasteiger partial charge in [-0.05, 0) is 67.1 Å². The van der Waals surface area contributed by atoms with Gasteiger partial charge in [0.25, 0.3) is 5.91 Å². The van der Waals surface area contributed by atoms with E-state index in [2.05, 4.69) is 12.2 Å². The largest absolute Gasteiger partial charge is 0.497 e. The van der Waals surface area contributed by atoms with Gasteiger partial charge in [-0.25, -0.2) is 0 Å². The second kappa shape index (κ2) is 12.2. The van der Waals surface area contributed by atoms with Crippen LogP contribution in [0.5, 0.6) is 11.5 Å². The number of carboxylic acid groups (broad SMARTS) is 1. The van der Waals surface area contributed by atoms with Gasteiger partial charge in [0.2, 0.25) is 0 Å². The number of methoxy groups -OCH3 is 2. The van der Waals surface area contributed by atoms with Crippen molar-refractivity contribution in [2.75, 3.05) is 33.9 Å². The molecule has 9 heteroatoms. The summed E-state index contributed by atoms with van der Waals surface area (Å²) in [7, 11) is 3.09. The zero-order valence-electron chi connectivity index (χ0n) is 24.0. The van der Waals surface area contributed by atoms with Crippen molar-refractivity contribution in [1.82, 2.24) is 10.2 Å². The third-order valence-corrected chi connectivity index (χ3v) is 10.1. The van der Waals surface area contributed by atoms with Crippen LogP contribution in [-0.2, 0) is 10.2 Å². The van der Waals surface area contributed by atoms with E-state index < -0.39 is 22.8 Å². The molecule has 5 rings (SSSR count). The van der Waals surface area contributed by atoms with Gasteiger partial charge >= 0.3 is 5.97 Å². The first-order chi connectivity index (χ1) is 20.2. The second-order valence-electron chi connectivity index (χ2n) is 11.1. The van der Waals surface area contributed by atoms with Crippen LogP contribution in [0.4, 0.5) is 0 Å². The van der Waals surface area contributed by atoms with Gasteiger partial charge in [-0.3, -0.25) is 9.59 Å². The van der Waals surface area contributed by atoms with Crippen LogP contribution in [0.1, 0.15) is 53.6 Å². The highest BCUT2D eigenvalue weighted by molar-refractivity contribution is 6.42. The third-order valence-electron chi connectivity index (χ3n) is 9.39. The Hall–Kier alpha value is -3.26. The van der Waals surface area contributed by atoms with Crippen LogP contribution < -0.4 is 14.8 Å². The number of piperidine rings is 1. The predicted molar refractivity (Wildman–Crippen MR) is 164 cm³/mol. The number of rotatable bonds is 8. The van der Waals surface area contributed by atoms with E-state index in [9.17, 15) is 14.7 Å². The third kappa shape index (κ3) is 4.81. The van der Waals surface area contributed by atoms with Gasteiger partial charge < -0.3 is 24.8 Å². The molecule has 2 saturated heterocycles. The van der Waals surface area contributed by atoms with Gasteiger partial charge in [-0.15, -0.1) is 0 Å². The molecular weight excluding hydrogens is 575 g/mol. The summed E-state index contributed by atoms with van der Waals surface area (Å²) in [6, 6.07) is 19.9. The van der Waals surface area contributed by atoms with Crippen molar-refractivity contribution in [3.63, 3.8) is 0 Å². The number of halogens is 2. The van der Waals surface area contributed by atoms with Gasteiger partial charge in [0.15, 0.2) is 0 Å². The van der Waals surface area contributed by atoms with E-state index >= 15 is 0 Å². The molecule has 222 valence electrons. The molecule has 2 fully saturated rings. The first kappa shape index (κ1) is 30.2. The number of likely N-dealkylation sites (tertiary alicyclic amines) is 1. The van der Waals surface area contributed by atoms with Gasteiger partial charge in [0, 0.05) is 25.1 Å². The van der Waals surface area contributed by atoms with Gasteiger partial charge in [-0.2, -0.15) is 0 Å². The predicted octanol–water partition coefficient (Wildman–Crippen LogP) is 6.42. The lowest BCUT2D eigenvalue weighted by Crippen LogP contribution is -2.69. The minimum absolute atomic E-state index is 0.0297. The standard InChI is InChI=1S/C33H36Cl2N2O5/c1-4-33(23-14-16-36-20-23)29(21-10-13-26(34)27(35)18-21)32(31(39)40,22-8-6-5-7-9-22)15-17-37(33)30(38)25-12-11-24(41-2)19-28(25)42-3/h5-13,18-19,23,29,36H,4,14-17,20H2,1-3H3,(H,39,40). The molecule has 0 bridgehead atoms. The highest BCUT2D eigenvalue weighted by Gasteiger charge is 2.65. The van der Waals surface area contributed by atoms with E-state index in [1.807, 2.05) is 41.3 Å². The first-order valence-corrected chi connectivity index (χ1v) is 15.0. The van der Waals surface area contributed by atoms with E-state index in [0.29, 0.717) is 45.6 Å². The fourth-order valence-electron chi connectivity index (χ4n) is 7.52. The van der Waals surface area contributed by atoms with Gasteiger partial charge in [-0.1, -0.05) is 66.5 Å². The topological polar surface area (TPSA) is 88.1 Å². The van der Waals surface area contributed by atoms with Crippen LogP contribution in [0.25, 0.3) is 0 Å². The maximum atomic E-state index is 14.7. The SMILES string of the molecule is CCC1(C2CCNC2)C(c2ccc(Cl)c(Cl)c2)C(C(=O)O)(c2ccccc2)CCN1C(=O)c1ccc(OC)cc1OC. The number of hydrogen-bond donors (Lipinski definition) is 2. The van der Waals surface area contributed by atoms with Gasteiger partial charge in [0.1, 0.15) is 16.9 Å². The lowest BCUT2D eigenvalue weighted by atomic mass is 9.52. The number of amides is 1. The summed E-state index contributed by atoms with van der Waals surface area (Å²) in [5.74, 6) is -0.831. The molecule has 1 amide bonds. The molecule has 0 spiro atoms. The van der Waals surface area contributed by atoms with E-state index in [0.717, 1.165) is 18.5 Å². The number of carboxylic acids is 1. The monoisotopic (exact) mass is 610 g/mol. The van der Waals surface area contributed by atoms with Crippen LogP contribution in [-0.4, -0.2) is 61.3 Å². The number of carbonyl (C=O) groups excluding carboxylic acids is 1. The average molecular weight is 612 g/mol. The molecule has 3 aromatic rings. The quantitative estimate of drug-likeness (QED) is 0.306. The summed E-state index contributed by atoms with van der Waals surface area (Å²) in [6.45, 7) is 3.73. The molecule has 2 N–H and O–H groups in total. The lowest BCUT2D eigenvalue weighted by molar-refractivity contribution is -0.152. The zero-order valence-corrected chi connectivity index (χ0v) is 25.5. The van der Waals surface area contributed by atoms with Crippen LogP contribution in [0.15, 0.2) is 66.7 Å². The number of ether oxygens (including phenoxy) is 2. The first-order valence-electron chi connectivity index (χ1n) is 14.2. The summed E-state index contributed by atoms with van der Waals surface area (Å²) in [5.41, 5.74) is -0.389. The Morgan fingerprint density at radius 1 is 1.02 bits per heavy atom. The van der Waals surface area contributed by atoms with E-state index in [-0.39, 0.29) is 24.8 Å². The van der Waals surface area contributed by atoms with Crippen molar-refractivity contribution in [2.24, 2.45) is 5.92 Å². The number of hydrogen-bond acceptors (Lipinski definition) is 5. The molecular formula is C33H36Cl2N2O5. The second-order valence-corrected chi connectivity index (χ2v) is 11.9. The molecule has 42 heavy (non-hydrogen) atoms. The van der Waals surface area contributed by atoms with Crippen molar-refractivity contribution in [3.05, 3.63) is 93.5 Å². The van der Waals surface area contributed by atoms with Crippen LogP contribution >= 0.6 is 23.2 Å². The molecule has 0 aliphatic carbocycles. The van der Waals surface area contributed by atoms with Crippen molar-refractivity contribution in [2.45, 2.75) is 43.1 Å². The minimum Gasteiger partial charge on any atom is -0.497 e. The average Bonchev–Trinajstić information content (AvgIpc) is 3.57. The molecule has 0 saturated carbocycles. The fraction of sp³-hybridized carbons (Fsp3) is 0.394. The van der Waals surface area contributed by atoms with Crippen molar-refractivity contribution >= 4 is 35.1 Å². The Bertz CT molecular complexity index is 1460. The van der Waals surface area contributed by atoms with Gasteiger partial charge in [0.05, 0.1) is 35.4 Å². The number of nitrogens with zero attached hydrogens (tertiary/aromatic N) is 1. The Balaban J connectivity index is 1.81. The Morgan fingerprint density at radius 2 is 1.79 bits per heavy atom. The smallest absolute Gasteiger partial charge is 0.314 e. The number of carbonyl (C=O) groups is 2. The van der Waals surface area contributed by atoms with Crippen LogP contribution in [0.2, 0.25) is 10.0 Å². The number of benzene rings is 3. The summed E-state index contributed by atoms with van der Waals surface area (Å²) in [4.78, 5) is 30.4. The van der Waals surface area contributed by atoms with Crippen LogP contribution in [0.3, 0.4) is 0 Å². The molecule has 4 unspecified atom stereocenters. The zero-order chi connectivity index (χ0) is 30.1. The molecule has 2 heterocycles. The summed E-state index contributed by atoms with van der Waals surface area (Å²) in [5, 5.41) is 15.4. The fourth-order valence-corrected chi connectivity index (χ4v) is 7.83. The van der Waals surface area contributed by atoms with Crippen molar-refractivity contribution < 1.29 is 24.2 Å². The van der Waals surface area contributed by atoms with Crippen LogP contribution in [0, 0.1) is 5.92 Å². The summed E-state index contributed by atoms with van der Waals surface area (Å²) >= 11 is 13.0. The number of aliphatic carboxylic acids is 1. The molecule has 2 aliphatic rings. The molecule has 0 radical (unpaired) electrons. The lowest BCUT2D eigenvalue weighted by Gasteiger charge is -2.61. The molecule has 2 aliphatic heterocycles. The Morgan fingerprint density at radius 3 is 2.38 bits per heavy atom. The molecule has 4 atom stereocenters. The van der Waals surface area contributed by atoms with E-state index in [1.165, 1.54) is 7.11 Å². The van der Waals surface area contributed by atoms with E-state index in [1.54, 1.807) is 37.4 Å². The molecule has 7 nitrogen and oxygen atoms in total. The van der Waals surface area contributed by atoms with Crippen molar-refractivity contribution in [3.8, 4) is 11.5 Å². The molecule has 3 aromatic carbocycles. The minimum atomic E-state index is -1.34. The summed E-state index contributed by atoms with van der Waals surface area (Å²) in [6.07, 6.45) is 1.53. The van der Waals surface area contributed by atoms with Crippen molar-refractivity contribution in [1.29, 1.82) is 0 Å².